The van der Waals surface area contributed by atoms with Gasteiger partial charge in [0.25, 0.3) is 0 Å². The quantitative estimate of drug-likeness (QED) is 0.773. The number of piperidine rings is 1. The van der Waals surface area contributed by atoms with E-state index in [1.165, 1.54) is 37.9 Å². The van der Waals surface area contributed by atoms with Crippen LogP contribution in [0.1, 0.15) is 37.7 Å². The van der Waals surface area contributed by atoms with Gasteiger partial charge in [-0.2, -0.15) is 0 Å². The van der Waals surface area contributed by atoms with Gasteiger partial charge in [-0.05, 0) is 63.0 Å². The zero-order valence-electron chi connectivity index (χ0n) is 12.6. The number of ether oxygens (including phenoxy) is 1. The molecule has 0 radical (unpaired) electrons. The molecule has 0 saturated carbocycles. The zero-order chi connectivity index (χ0) is 13.3. The summed E-state index contributed by atoms with van der Waals surface area (Å²) < 4.78 is 5.76. The molecule has 122 valence electrons. The summed E-state index contributed by atoms with van der Waals surface area (Å²) in [4.78, 5) is 2.54. The largest absolute Gasteiger partial charge is 0.494 e. The molecule has 0 atom stereocenters. The summed E-state index contributed by atoms with van der Waals surface area (Å²) in [5, 5.41) is 0. The van der Waals surface area contributed by atoms with Crippen LogP contribution in [0, 0.1) is 0 Å². The minimum absolute atomic E-state index is 0. The molecule has 21 heavy (non-hydrogen) atoms. The minimum atomic E-state index is 0. The fraction of sp³-hybridized carbons (Fsp3) is 0.625. The third kappa shape index (κ3) is 7.91. The highest BCUT2D eigenvalue weighted by atomic mass is 35.5. The van der Waals surface area contributed by atoms with E-state index in [0.717, 1.165) is 38.3 Å². The number of unbranched alkanes of at least 4 members (excludes halogenated alkanes) is 1. The molecular formula is C16H28Cl2N2O. The first-order chi connectivity index (χ1) is 9.38. The fourth-order valence-electron chi connectivity index (χ4n) is 2.55. The van der Waals surface area contributed by atoms with Gasteiger partial charge in [0.1, 0.15) is 5.75 Å². The maximum atomic E-state index is 5.76. The van der Waals surface area contributed by atoms with Crippen molar-refractivity contribution < 1.29 is 4.74 Å². The number of likely N-dealkylation sites (tertiary alicyclic amines) is 1. The third-order valence-corrected chi connectivity index (χ3v) is 3.62. The van der Waals surface area contributed by atoms with E-state index in [4.69, 9.17) is 10.5 Å². The molecular weight excluding hydrogens is 307 g/mol. The molecule has 0 unspecified atom stereocenters. The van der Waals surface area contributed by atoms with Gasteiger partial charge in [0.15, 0.2) is 0 Å². The van der Waals surface area contributed by atoms with Gasteiger partial charge in [-0.15, -0.1) is 24.8 Å². The topological polar surface area (TPSA) is 38.5 Å². The number of benzene rings is 1. The van der Waals surface area contributed by atoms with Crippen LogP contribution in [-0.4, -0.2) is 31.1 Å². The van der Waals surface area contributed by atoms with E-state index in [1.54, 1.807) is 0 Å². The van der Waals surface area contributed by atoms with Crippen LogP contribution in [0.5, 0.6) is 5.75 Å². The summed E-state index contributed by atoms with van der Waals surface area (Å²) in [6, 6.07) is 8.51. The molecule has 3 nitrogen and oxygen atoms in total. The summed E-state index contributed by atoms with van der Waals surface area (Å²) in [5.74, 6) is 0.992. The van der Waals surface area contributed by atoms with Crippen LogP contribution in [0.2, 0.25) is 0 Å². The lowest BCUT2D eigenvalue weighted by Crippen LogP contribution is -2.29. The maximum Gasteiger partial charge on any atom is 0.119 e. The van der Waals surface area contributed by atoms with Gasteiger partial charge in [0.05, 0.1) is 6.61 Å². The first-order valence-electron chi connectivity index (χ1n) is 7.52. The Kier molecular flexibility index (Phi) is 11.8. The average molecular weight is 335 g/mol. The van der Waals surface area contributed by atoms with Crippen LogP contribution < -0.4 is 10.5 Å². The first-order valence-corrected chi connectivity index (χ1v) is 7.52. The minimum Gasteiger partial charge on any atom is -0.494 e. The molecule has 1 aromatic rings. The van der Waals surface area contributed by atoms with Crippen molar-refractivity contribution in [2.45, 2.75) is 38.6 Å². The van der Waals surface area contributed by atoms with Crippen molar-refractivity contribution in [3.8, 4) is 5.75 Å². The number of rotatable bonds is 7. The molecule has 1 saturated heterocycles. The van der Waals surface area contributed by atoms with Gasteiger partial charge in [0, 0.05) is 6.54 Å². The molecule has 5 heteroatoms. The van der Waals surface area contributed by atoms with E-state index in [9.17, 15) is 0 Å². The van der Waals surface area contributed by atoms with Gasteiger partial charge in [-0.25, -0.2) is 0 Å². The number of hydrogen-bond acceptors (Lipinski definition) is 3. The Labute approximate surface area is 141 Å². The summed E-state index contributed by atoms with van der Waals surface area (Å²) in [5.41, 5.74) is 6.83. The maximum absolute atomic E-state index is 5.76. The van der Waals surface area contributed by atoms with E-state index in [-0.39, 0.29) is 24.8 Å². The van der Waals surface area contributed by atoms with Crippen molar-refractivity contribution in [3.05, 3.63) is 29.8 Å². The Morgan fingerprint density at radius 3 is 2.52 bits per heavy atom. The van der Waals surface area contributed by atoms with Crippen molar-refractivity contribution in [1.82, 2.24) is 4.90 Å². The highest BCUT2D eigenvalue weighted by Gasteiger charge is 2.10. The molecule has 0 aromatic heterocycles. The highest BCUT2D eigenvalue weighted by Crippen LogP contribution is 2.17. The number of halogens is 2. The summed E-state index contributed by atoms with van der Waals surface area (Å²) in [6.07, 6.45) is 6.14. The van der Waals surface area contributed by atoms with Crippen LogP contribution in [0.25, 0.3) is 0 Å². The second-order valence-electron chi connectivity index (χ2n) is 5.33. The zero-order valence-corrected chi connectivity index (χ0v) is 14.3. The first kappa shape index (κ1) is 20.5. The molecule has 2 rings (SSSR count). The lowest BCUT2D eigenvalue weighted by Gasteiger charge is -2.26. The standard InChI is InChI=1S/C16H26N2O.2ClH/c17-9-2-5-12-19-16-8-6-7-15(13-16)14-18-10-3-1-4-11-18;;/h6-8,13H,1-5,9-12,14,17H2;2*1H. The van der Waals surface area contributed by atoms with Crippen molar-refractivity contribution in [2.24, 2.45) is 5.73 Å². The van der Waals surface area contributed by atoms with Gasteiger partial charge in [-0.1, -0.05) is 18.6 Å². The summed E-state index contributed by atoms with van der Waals surface area (Å²) >= 11 is 0. The highest BCUT2D eigenvalue weighted by molar-refractivity contribution is 5.85. The van der Waals surface area contributed by atoms with Gasteiger partial charge < -0.3 is 10.5 Å². The van der Waals surface area contributed by atoms with Crippen LogP contribution in [-0.2, 0) is 6.54 Å². The van der Waals surface area contributed by atoms with E-state index in [1.807, 2.05) is 6.07 Å². The van der Waals surface area contributed by atoms with Crippen LogP contribution in [0.3, 0.4) is 0 Å². The third-order valence-electron chi connectivity index (χ3n) is 3.62. The van der Waals surface area contributed by atoms with Crippen molar-refractivity contribution >= 4 is 24.8 Å². The van der Waals surface area contributed by atoms with E-state index in [2.05, 4.69) is 23.1 Å². The monoisotopic (exact) mass is 334 g/mol. The van der Waals surface area contributed by atoms with Gasteiger partial charge >= 0.3 is 0 Å². The van der Waals surface area contributed by atoms with Crippen molar-refractivity contribution in [3.63, 3.8) is 0 Å². The summed E-state index contributed by atoms with van der Waals surface area (Å²) in [7, 11) is 0. The van der Waals surface area contributed by atoms with Gasteiger partial charge in [-0.3, -0.25) is 4.90 Å². The van der Waals surface area contributed by atoms with E-state index < -0.39 is 0 Å². The second-order valence-corrected chi connectivity index (χ2v) is 5.33. The van der Waals surface area contributed by atoms with E-state index in [0.29, 0.717) is 0 Å². The molecule has 0 bridgehead atoms. The average Bonchev–Trinajstić information content (AvgIpc) is 2.45. The predicted molar refractivity (Wildman–Crippen MR) is 93.8 cm³/mol. The fourth-order valence-corrected chi connectivity index (χ4v) is 2.55. The van der Waals surface area contributed by atoms with Crippen LogP contribution >= 0.6 is 24.8 Å². The van der Waals surface area contributed by atoms with E-state index >= 15 is 0 Å². The van der Waals surface area contributed by atoms with Crippen molar-refractivity contribution in [1.29, 1.82) is 0 Å². The Hall–Kier alpha value is -0.480. The smallest absolute Gasteiger partial charge is 0.119 e. The number of nitrogens with zero attached hydrogens (tertiary/aromatic N) is 1. The second kappa shape index (κ2) is 12.1. The van der Waals surface area contributed by atoms with Crippen LogP contribution in [0.4, 0.5) is 0 Å². The van der Waals surface area contributed by atoms with Crippen LogP contribution in [0.15, 0.2) is 24.3 Å². The SMILES string of the molecule is Cl.Cl.NCCCCOc1cccc(CN2CCCCC2)c1. The number of nitrogens with two attached hydrogens (primary N) is 1. The normalized spacial score (nSPS) is 14.9. The predicted octanol–water partition coefficient (Wildman–Crippen LogP) is 3.63. The number of hydrogen-bond donors (Lipinski definition) is 1. The lowest BCUT2D eigenvalue weighted by molar-refractivity contribution is 0.220. The molecule has 1 aliphatic rings. The molecule has 1 fully saturated rings. The molecule has 1 aliphatic heterocycles. The summed E-state index contributed by atoms with van der Waals surface area (Å²) in [6.45, 7) is 5.05. The molecule has 2 N–H and O–H groups in total. The Morgan fingerprint density at radius 1 is 1.05 bits per heavy atom. The Bertz CT molecular complexity index is 371. The Morgan fingerprint density at radius 2 is 1.81 bits per heavy atom. The molecule has 0 amide bonds. The Balaban J connectivity index is 0.00000200. The molecule has 0 spiro atoms. The van der Waals surface area contributed by atoms with Gasteiger partial charge in [0.2, 0.25) is 0 Å². The van der Waals surface area contributed by atoms with Crippen molar-refractivity contribution in [2.75, 3.05) is 26.2 Å². The molecule has 1 heterocycles. The lowest BCUT2D eigenvalue weighted by atomic mass is 10.1. The molecule has 0 aliphatic carbocycles. The molecule has 1 aromatic carbocycles.